The van der Waals surface area contributed by atoms with E-state index in [1.165, 1.54) is 44.2 Å². The fraction of sp³-hybridized carbons (Fsp3) is 0.169. The van der Waals surface area contributed by atoms with Crippen LogP contribution >= 0.6 is 0 Å². The quantitative estimate of drug-likeness (QED) is 0.102. The molecule has 0 amide bonds. The maximum atomic E-state index is 6.36. The molecule has 0 unspecified atom stereocenters. The first kappa shape index (κ1) is 46.0. The Kier molecular flexibility index (Phi) is 12.9. The molecule has 9 aromatic rings. The Morgan fingerprint density at radius 3 is 0.943 bits per heavy atom. The fourth-order valence-electron chi connectivity index (χ4n) is 10.5. The summed E-state index contributed by atoms with van der Waals surface area (Å²) in [6, 6.07) is 74.6. The Hall–Kier alpha value is -7.76. The van der Waals surface area contributed by atoms with Crippen LogP contribution in [0.15, 0.2) is 206 Å². The van der Waals surface area contributed by atoms with Crippen LogP contribution in [0.1, 0.15) is 76.0 Å². The SMILES string of the molecule is COc1cc2c(cc1-c1ccc(N(c3ccccc3)c3ccccc3)cc1)B(c1c(C(C)C)cc(C(C)C)cc1C(C)C)c1cc(-c3ccc(N(c4ccccc4)c4ccccc4)cc3)c(OC)cc1-2. The summed E-state index contributed by atoms with van der Waals surface area (Å²) in [5.74, 6) is 2.70. The molecule has 1 aliphatic rings. The largest absolute Gasteiger partial charge is 0.496 e. The molecule has 70 heavy (non-hydrogen) atoms. The Morgan fingerprint density at radius 2 is 0.657 bits per heavy atom. The molecule has 0 aromatic heterocycles. The number of para-hydroxylation sites is 4. The zero-order valence-electron chi connectivity index (χ0n) is 41.7. The highest BCUT2D eigenvalue weighted by Gasteiger charge is 2.39. The number of benzene rings is 9. The van der Waals surface area contributed by atoms with E-state index in [1.807, 2.05) is 0 Å². The van der Waals surface area contributed by atoms with Gasteiger partial charge >= 0.3 is 0 Å². The summed E-state index contributed by atoms with van der Waals surface area (Å²) in [4.78, 5) is 4.61. The molecule has 0 fully saturated rings. The Balaban J connectivity index is 1.14. The average molecular weight is 913 g/mol. The summed E-state index contributed by atoms with van der Waals surface area (Å²) in [5.41, 5.74) is 21.5. The molecule has 0 spiro atoms. The molecule has 0 radical (unpaired) electrons. The lowest BCUT2D eigenvalue weighted by molar-refractivity contribution is 0.416. The van der Waals surface area contributed by atoms with Crippen molar-refractivity contribution in [3.8, 4) is 44.9 Å². The molecule has 0 aliphatic carbocycles. The first-order valence-corrected chi connectivity index (χ1v) is 24.8. The van der Waals surface area contributed by atoms with Crippen molar-refractivity contribution in [2.75, 3.05) is 24.0 Å². The standard InChI is InChI=1S/C65H61BN2O2/c1-43(2)48-37-55(44(3)4)65(56(38-48)45(5)6)66-61-39-57(46-29-33-53(34-30-46)67(49-21-13-9-14-22-49)50-23-15-10-16-24-50)63(69-7)41-59(61)60-42-64(70-8)58(40-62(60)66)47-31-35-54(36-32-47)68(51-25-17-11-18-26-51)52-27-19-12-20-28-52/h9-45H,1-8H3. The highest BCUT2D eigenvalue weighted by molar-refractivity contribution is 6.99. The van der Waals surface area contributed by atoms with Crippen molar-refractivity contribution in [1.29, 1.82) is 0 Å². The van der Waals surface area contributed by atoms with Crippen molar-refractivity contribution < 1.29 is 9.47 Å². The van der Waals surface area contributed by atoms with E-state index in [1.54, 1.807) is 14.2 Å². The van der Waals surface area contributed by atoms with Gasteiger partial charge in [0.05, 0.1) is 14.2 Å². The zero-order valence-corrected chi connectivity index (χ0v) is 41.7. The van der Waals surface area contributed by atoms with Gasteiger partial charge in [-0.05, 0) is 142 Å². The lowest BCUT2D eigenvalue weighted by Gasteiger charge is -2.27. The van der Waals surface area contributed by atoms with Crippen molar-refractivity contribution in [2.24, 2.45) is 0 Å². The Morgan fingerprint density at radius 1 is 0.343 bits per heavy atom. The molecule has 1 aliphatic heterocycles. The van der Waals surface area contributed by atoms with Crippen molar-refractivity contribution in [3.63, 3.8) is 0 Å². The van der Waals surface area contributed by atoms with Gasteiger partial charge in [0, 0.05) is 45.3 Å². The number of methoxy groups -OCH3 is 2. The van der Waals surface area contributed by atoms with Crippen LogP contribution in [0, 0.1) is 0 Å². The lowest BCUT2D eigenvalue weighted by Crippen LogP contribution is -2.52. The van der Waals surface area contributed by atoms with Gasteiger partial charge in [0.2, 0.25) is 6.71 Å². The van der Waals surface area contributed by atoms with Crippen molar-refractivity contribution in [1.82, 2.24) is 0 Å². The topological polar surface area (TPSA) is 24.9 Å². The molecular formula is C65H61BN2O2. The lowest BCUT2D eigenvalue weighted by atomic mass is 9.36. The number of rotatable bonds is 14. The fourth-order valence-corrected chi connectivity index (χ4v) is 10.5. The minimum absolute atomic E-state index is 0.0350. The van der Waals surface area contributed by atoms with Gasteiger partial charge < -0.3 is 19.3 Å². The summed E-state index contributed by atoms with van der Waals surface area (Å²) in [6.07, 6.45) is 0. The summed E-state index contributed by atoms with van der Waals surface area (Å²) in [5, 5.41) is 0. The van der Waals surface area contributed by atoms with E-state index in [4.69, 9.17) is 9.47 Å². The van der Waals surface area contributed by atoms with Crippen molar-refractivity contribution in [3.05, 3.63) is 223 Å². The van der Waals surface area contributed by atoms with E-state index in [0.717, 1.165) is 67.9 Å². The summed E-state index contributed by atoms with van der Waals surface area (Å²) < 4.78 is 12.7. The third-order valence-electron chi connectivity index (χ3n) is 14.1. The molecule has 346 valence electrons. The van der Waals surface area contributed by atoms with Crippen LogP contribution in [-0.4, -0.2) is 20.9 Å². The molecular weight excluding hydrogens is 852 g/mol. The van der Waals surface area contributed by atoms with E-state index in [9.17, 15) is 0 Å². The molecule has 4 nitrogen and oxygen atoms in total. The zero-order chi connectivity index (χ0) is 48.5. The van der Waals surface area contributed by atoms with Gasteiger partial charge in [0.1, 0.15) is 11.5 Å². The molecule has 1 heterocycles. The molecule has 0 saturated carbocycles. The van der Waals surface area contributed by atoms with Gasteiger partial charge in [0.15, 0.2) is 0 Å². The van der Waals surface area contributed by atoms with E-state index < -0.39 is 0 Å². The third kappa shape index (κ3) is 8.66. The van der Waals surface area contributed by atoms with Gasteiger partial charge in [0.25, 0.3) is 0 Å². The number of ether oxygens (including phenoxy) is 2. The van der Waals surface area contributed by atoms with E-state index in [-0.39, 0.29) is 6.71 Å². The van der Waals surface area contributed by atoms with Crippen LogP contribution in [0.3, 0.4) is 0 Å². The van der Waals surface area contributed by atoms with Crippen LogP contribution in [0.4, 0.5) is 34.1 Å². The maximum absolute atomic E-state index is 6.36. The van der Waals surface area contributed by atoms with Crippen molar-refractivity contribution in [2.45, 2.75) is 59.3 Å². The van der Waals surface area contributed by atoms with E-state index >= 15 is 0 Å². The van der Waals surface area contributed by atoms with Crippen LogP contribution in [0.25, 0.3) is 33.4 Å². The molecule has 5 heteroatoms. The van der Waals surface area contributed by atoms with Crippen LogP contribution in [0.2, 0.25) is 0 Å². The van der Waals surface area contributed by atoms with Gasteiger partial charge in [-0.3, -0.25) is 0 Å². The normalized spacial score (nSPS) is 11.8. The third-order valence-corrected chi connectivity index (χ3v) is 14.1. The second-order valence-corrected chi connectivity index (χ2v) is 19.4. The number of fused-ring (bicyclic) bond motifs is 3. The Labute approximate surface area is 415 Å². The smallest absolute Gasteiger partial charge is 0.243 e. The number of hydrogen-bond acceptors (Lipinski definition) is 4. The second-order valence-electron chi connectivity index (χ2n) is 19.4. The predicted molar refractivity (Wildman–Crippen MR) is 299 cm³/mol. The van der Waals surface area contributed by atoms with Crippen LogP contribution < -0.4 is 35.7 Å². The summed E-state index contributed by atoms with van der Waals surface area (Å²) in [6.45, 7) is 14.0. The second kappa shape index (κ2) is 19.7. The minimum atomic E-state index is -0.0350. The van der Waals surface area contributed by atoms with Gasteiger partial charge in [-0.1, -0.05) is 179 Å². The van der Waals surface area contributed by atoms with Crippen LogP contribution in [0.5, 0.6) is 11.5 Å². The Bertz CT molecular complexity index is 2950. The number of anilines is 6. The molecule has 0 N–H and O–H groups in total. The molecule has 10 rings (SSSR count). The predicted octanol–water partition coefficient (Wildman–Crippen LogP) is 15.8. The summed E-state index contributed by atoms with van der Waals surface area (Å²) in [7, 11) is 3.59. The van der Waals surface area contributed by atoms with Crippen molar-refractivity contribution >= 4 is 57.2 Å². The van der Waals surface area contributed by atoms with Crippen LogP contribution in [-0.2, 0) is 0 Å². The molecule has 9 aromatic carbocycles. The first-order chi connectivity index (χ1) is 34.1. The monoisotopic (exact) mass is 912 g/mol. The van der Waals surface area contributed by atoms with E-state index in [0.29, 0.717) is 17.8 Å². The summed E-state index contributed by atoms with van der Waals surface area (Å²) >= 11 is 0. The minimum Gasteiger partial charge on any atom is -0.496 e. The molecule has 0 saturated heterocycles. The molecule has 0 atom stereocenters. The van der Waals surface area contributed by atoms with Gasteiger partial charge in [-0.25, -0.2) is 0 Å². The highest BCUT2D eigenvalue weighted by atomic mass is 16.5. The van der Waals surface area contributed by atoms with Gasteiger partial charge in [-0.2, -0.15) is 0 Å². The van der Waals surface area contributed by atoms with E-state index in [2.05, 4.69) is 258 Å². The average Bonchev–Trinajstić information content (AvgIpc) is 3.70. The molecule has 0 bridgehead atoms. The first-order valence-electron chi connectivity index (χ1n) is 24.8. The van der Waals surface area contributed by atoms with Gasteiger partial charge in [-0.15, -0.1) is 0 Å². The number of hydrogen-bond donors (Lipinski definition) is 0. The highest BCUT2D eigenvalue weighted by Crippen LogP contribution is 2.43. The maximum Gasteiger partial charge on any atom is 0.243 e. The number of nitrogens with zero attached hydrogens (tertiary/aromatic N) is 2.